The minimum Gasteiger partial charge on any atom is -0.480 e. The fraction of sp³-hybridized carbons (Fsp3) is 0.750. The van der Waals surface area contributed by atoms with Crippen molar-refractivity contribution in [3.05, 3.63) is 0 Å². The van der Waals surface area contributed by atoms with Gasteiger partial charge in [-0.05, 0) is 20.3 Å². The van der Waals surface area contributed by atoms with Gasteiger partial charge in [-0.1, -0.05) is 0 Å². The van der Waals surface area contributed by atoms with E-state index in [-0.39, 0.29) is 5.91 Å². The molecule has 1 amide bonds. The van der Waals surface area contributed by atoms with Crippen LogP contribution in [0.4, 0.5) is 0 Å². The lowest BCUT2D eigenvalue weighted by molar-refractivity contribution is -0.154. The molecule has 1 fully saturated rings. The first-order valence-corrected chi connectivity index (χ1v) is 4.05. The number of likely N-dealkylation sites (tertiary alicyclic amines) is 1. The third kappa shape index (κ3) is 1.07. The van der Waals surface area contributed by atoms with Crippen LogP contribution in [0, 0.1) is 5.41 Å². The maximum absolute atomic E-state index is 11.4. The largest absolute Gasteiger partial charge is 0.480 e. The molecule has 1 unspecified atom stereocenters. The summed E-state index contributed by atoms with van der Waals surface area (Å²) in [5.74, 6) is -1.26. The maximum atomic E-state index is 11.4. The van der Waals surface area contributed by atoms with Crippen molar-refractivity contribution in [2.45, 2.75) is 20.3 Å². The quantitative estimate of drug-likeness (QED) is 0.609. The molecule has 0 saturated carbocycles. The number of hydrogen-bond donors (Lipinski definition) is 1. The molecule has 0 aromatic carbocycles. The Morgan fingerprint density at radius 3 is 2.58 bits per heavy atom. The van der Waals surface area contributed by atoms with E-state index in [0.717, 1.165) is 0 Å². The van der Waals surface area contributed by atoms with Crippen molar-refractivity contribution >= 4 is 11.9 Å². The van der Waals surface area contributed by atoms with E-state index in [1.165, 1.54) is 6.92 Å². The average molecular weight is 171 g/mol. The number of hydrogen-bond acceptors (Lipinski definition) is 2. The Morgan fingerprint density at radius 1 is 1.75 bits per heavy atom. The van der Waals surface area contributed by atoms with Crippen LogP contribution in [0.5, 0.6) is 0 Å². The van der Waals surface area contributed by atoms with Gasteiger partial charge in [-0.15, -0.1) is 0 Å². The van der Waals surface area contributed by atoms with E-state index in [4.69, 9.17) is 5.11 Å². The van der Waals surface area contributed by atoms with Crippen molar-refractivity contribution in [3.8, 4) is 0 Å². The molecule has 0 spiro atoms. The summed E-state index contributed by atoms with van der Waals surface area (Å²) in [7, 11) is 0. The molecule has 4 nitrogen and oxygen atoms in total. The van der Waals surface area contributed by atoms with E-state index in [0.29, 0.717) is 19.5 Å². The summed E-state index contributed by atoms with van der Waals surface area (Å²) in [6.45, 7) is 4.51. The van der Waals surface area contributed by atoms with E-state index in [2.05, 4.69) is 0 Å². The molecule has 0 bridgehead atoms. The molecule has 1 heterocycles. The molecule has 0 aliphatic carbocycles. The van der Waals surface area contributed by atoms with Crippen LogP contribution in [0.3, 0.4) is 0 Å². The van der Waals surface area contributed by atoms with Gasteiger partial charge in [-0.25, -0.2) is 0 Å². The summed E-state index contributed by atoms with van der Waals surface area (Å²) < 4.78 is 0. The molecule has 1 saturated heterocycles. The number of carbonyl (C=O) groups is 2. The van der Waals surface area contributed by atoms with E-state index in [9.17, 15) is 9.59 Å². The highest BCUT2D eigenvalue weighted by molar-refractivity contribution is 6.02. The van der Waals surface area contributed by atoms with Gasteiger partial charge in [0.05, 0.1) is 0 Å². The molecule has 68 valence electrons. The van der Waals surface area contributed by atoms with Crippen LogP contribution >= 0.6 is 0 Å². The van der Waals surface area contributed by atoms with E-state index in [1.807, 2.05) is 6.92 Å². The van der Waals surface area contributed by atoms with E-state index < -0.39 is 11.4 Å². The highest BCUT2D eigenvalue weighted by atomic mass is 16.4. The van der Waals surface area contributed by atoms with Crippen LogP contribution in [0.2, 0.25) is 0 Å². The van der Waals surface area contributed by atoms with Crippen molar-refractivity contribution in [1.29, 1.82) is 0 Å². The van der Waals surface area contributed by atoms with E-state index in [1.54, 1.807) is 4.90 Å². The summed E-state index contributed by atoms with van der Waals surface area (Å²) in [5.41, 5.74) is -1.17. The fourth-order valence-electron chi connectivity index (χ4n) is 1.42. The minimum atomic E-state index is -1.17. The summed E-state index contributed by atoms with van der Waals surface area (Å²) in [6.07, 6.45) is 0.426. The lowest BCUT2D eigenvalue weighted by Gasteiger charge is -2.17. The standard InChI is InChI=1S/C8H13NO3/c1-3-9-5-4-8(2,6(9)10)7(11)12/h3-5H2,1-2H3,(H,11,12). The molecule has 1 atom stereocenters. The fourth-order valence-corrected chi connectivity index (χ4v) is 1.42. The second-order valence-electron chi connectivity index (χ2n) is 3.27. The van der Waals surface area contributed by atoms with Gasteiger partial charge in [-0.3, -0.25) is 9.59 Å². The number of nitrogens with zero attached hydrogens (tertiary/aromatic N) is 1. The lowest BCUT2D eigenvalue weighted by Crippen LogP contribution is -2.37. The van der Waals surface area contributed by atoms with Gasteiger partial charge in [0.25, 0.3) is 0 Å². The molecular formula is C8H13NO3. The zero-order chi connectivity index (χ0) is 9.35. The Labute approximate surface area is 71.2 Å². The monoisotopic (exact) mass is 171 g/mol. The van der Waals surface area contributed by atoms with Crippen LogP contribution in [0.15, 0.2) is 0 Å². The van der Waals surface area contributed by atoms with Crippen LogP contribution in [0.1, 0.15) is 20.3 Å². The Bertz CT molecular complexity index is 226. The lowest BCUT2D eigenvalue weighted by atomic mass is 9.89. The Morgan fingerprint density at radius 2 is 2.33 bits per heavy atom. The SMILES string of the molecule is CCN1CCC(C)(C(=O)O)C1=O. The van der Waals surface area contributed by atoms with Crippen LogP contribution in [-0.4, -0.2) is 35.0 Å². The van der Waals surface area contributed by atoms with Gasteiger partial charge in [0.1, 0.15) is 5.41 Å². The van der Waals surface area contributed by atoms with Crippen molar-refractivity contribution in [2.24, 2.45) is 5.41 Å². The molecule has 1 N–H and O–H groups in total. The normalized spacial score (nSPS) is 29.5. The minimum absolute atomic E-state index is 0.252. The highest BCUT2D eigenvalue weighted by Crippen LogP contribution is 2.31. The predicted molar refractivity (Wildman–Crippen MR) is 42.6 cm³/mol. The molecule has 1 aliphatic rings. The summed E-state index contributed by atoms with van der Waals surface area (Å²) in [4.78, 5) is 23.8. The smallest absolute Gasteiger partial charge is 0.318 e. The molecule has 1 rings (SSSR count). The zero-order valence-electron chi connectivity index (χ0n) is 7.33. The molecular weight excluding hydrogens is 158 g/mol. The van der Waals surface area contributed by atoms with Crippen LogP contribution < -0.4 is 0 Å². The number of rotatable bonds is 2. The first-order valence-electron chi connectivity index (χ1n) is 4.05. The highest BCUT2D eigenvalue weighted by Gasteiger charge is 2.48. The molecule has 0 aromatic rings. The van der Waals surface area contributed by atoms with Gasteiger partial charge < -0.3 is 10.0 Å². The molecule has 12 heavy (non-hydrogen) atoms. The van der Waals surface area contributed by atoms with Crippen LogP contribution in [-0.2, 0) is 9.59 Å². The summed E-state index contributed by atoms with van der Waals surface area (Å²) in [5, 5.41) is 8.81. The van der Waals surface area contributed by atoms with Gasteiger partial charge in [0.15, 0.2) is 0 Å². The average Bonchev–Trinajstić information content (AvgIpc) is 2.31. The Kier molecular flexibility index (Phi) is 2.08. The summed E-state index contributed by atoms with van der Waals surface area (Å²) >= 11 is 0. The molecule has 4 heteroatoms. The third-order valence-electron chi connectivity index (χ3n) is 2.49. The van der Waals surface area contributed by atoms with Gasteiger partial charge >= 0.3 is 5.97 Å². The van der Waals surface area contributed by atoms with Gasteiger partial charge in [0, 0.05) is 13.1 Å². The number of amides is 1. The second-order valence-corrected chi connectivity index (χ2v) is 3.27. The predicted octanol–water partition coefficient (Wildman–Crippen LogP) is 0.330. The second kappa shape index (κ2) is 2.77. The van der Waals surface area contributed by atoms with Crippen molar-refractivity contribution in [2.75, 3.05) is 13.1 Å². The molecule has 0 aromatic heterocycles. The molecule has 0 radical (unpaired) electrons. The first-order chi connectivity index (χ1) is 5.52. The summed E-state index contributed by atoms with van der Waals surface area (Å²) in [6, 6.07) is 0. The van der Waals surface area contributed by atoms with E-state index >= 15 is 0 Å². The number of carboxylic acids is 1. The first kappa shape index (κ1) is 9.03. The van der Waals surface area contributed by atoms with Crippen molar-refractivity contribution in [1.82, 2.24) is 4.90 Å². The Balaban J connectivity index is 2.85. The number of aliphatic carboxylic acids is 1. The maximum Gasteiger partial charge on any atom is 0.318 e. The zero-order valence-corrected chi connectivity index (χ0v) is 7.33. The van der Waals surface area contributed by atoms with Gasteiger partial charge in [0.2, 0.25) is 5.91 Å². The van der Waals surface area contributed by atoms with Crippen LogP contribution in [0.25, 0.3) is 0 Å². The topological polar surface area (TPSA) is 57.6 Å². The number of carbonyl (C=O) groups excluding carboxylic acids is 1. The van der Waals surface area contributed by atoms with Gasteiger partial charge in [-0.2, -0.15) is 0 Å². The third-order valence-corrected chi connectivity index (χ3v) is 2.49. The van der Waals surface area contributed by atoms with Crippen molar-refractivity contribution in [3.63, 3.8) is 0 Å². The van der Waals surface area contributed by atoms with Crippen molar-refractivity contribution < 1.29 is 14.7 Å². The Hall–Kier alpha value is -1.06. The number of carboxylic acid groups (broad SMARTS) is 1. The molecule has 1 aliphatic heterocycles.